The van der Waals surface area contributed by atoms with E-state index in [1.165, 1.54) is 11.0 Å². The predicted octanol–water partition coefficient (Wildman–Crippen LogP) is 1.31. The zero-order valence-electron chi connectivity index (χ0n) is 12.5. The lowest BCUT2D eigenvalue weighted by Crippen LogP contribution is -2.34. The first-order valence-electron chi connectivity index (χ1n) is 7.60. The molecule has 0 N–H and O–H groups in total. The second kappa shape index (κ2) is 5.03. The quantitative estimate of drug-likeness (QED) is 0.478. The van der Waals surface area contributed by atoms with Crippen LogP contribution in [0.3, 0.4) is 0 Å². The lowest BCUT2D eigenvalue weighted by molar-refractivity contribution is -0.124. The molecule has 3 aliphatic heterocycles. The van der Waals surface area contributed by atoms with Crippen LogP contribution in [0.2, 0.25) is 0 Å². The summed E-state index contributed by atoms with van der Waals surface area (Å²) >= 11 is 0. The van der Waals surface area contributed by atoms with E-state index < -0.39 is 17.8 Å². The average molecular weight is 313 g/mol. The van der Waals surface area contributed by atoms with Crippen LogP contribution in [0.4, 0.5) is 5.69 Å². The van der Waals surface area contributed by atoms with E-state index in [4.69, 9.17) is 9.47 Å². The number of hydrogen-bond donors (Lipinski definition) is 0. The summed E-state index contributed by atoms with van der Waals surface area (Å²) in [5, 5.41) is 0. The van der Waals surface area contributed by atoms with E-state index in [0.29, 0.717) is 11.3 Å². The molecule has 4 atom stereocenters. The molecule has 0 aliphatic carbocycles. The number of fused-ring (bicyclic) bond motifs is 5. The van der Waals surface area contributed by atoms with Gasteiger partial charge in [-0.2, -0.15) is 0 Å². The maximum atomic E-state index is 12.7. The Hall–Kier alpha value is -2.47. The third-order valence-electron chi connectivity index (χ3n) is 4.53. The Balaban J connectivity index is 1.67. The summed E-state index contributed by atoms with van der Waals surface area (Å²) < 4.78 is 10.6. The summed E-state index contributed by atoms with van der Waals surface area (Å²) in [5.74, 6) is -1.91. The van der Waals surface area contributed by atoms with E-state index >= 15 is 0 Å². The molecule has 2 bridgehead atoms. The summed E-state index contributed by atoms with van der Waals surface area (Å²) in [6.07, 6.45) is 3.05. The molecule has 0 aromatic heterocycles. The van der Waals surface area contributed by atoms with Gasteiger partial charge in [0, 0.05) is 0 Å². The molecule has 4 rings (SSSR count). The van der Waals surface area contributed by atoms with Crippen LogP contribution >= 0.6 is 0 Å². The fourth-order valence-electron chi connectivity index (χ4n) is 3.54. The minimum Gasteiger partial charge on any atom is -0.462 e. The smallest absolute Gasteiger partial charge is 0.338 e. The topological polar surface area (TPSA) is 72.9 Å². The molecule has 0 unspecified atom stereocenters. The Labute approximate surface area is 132 Å². The lowest BCUT2D eigenvalue weighted by Gasteiger charge is -2.18. The van der Waals surface area contributed by atoms with Crippen molar-refractivity contribution < 1.29 is 23.9 Å². The number of carbonyl (C=O) groups excluding carboxylic acids is 3. The van der Waals surface area contributed by atoms with Gasteiger partial charge in [0.25, 0.3) is 0 Å². The Bertz CT molecular complexity index is 710. The number of anilines is 1. The van der Waals surface area contributed by atoms with Crippen LogP contribution in [-0.4, -0.2) is 36.6 Å². The van der Waals surface area contributed by atoms with Crippen LogP contribution in [0.5, 0.6) is 0 Å². The molecule has 0 saturated carbocycles. The van der Waals surface area contributed by atoms with Crippen molar-refractivity contribution in [2.45, 2.75) is 19.1 Å². The third-order valence-corrected chi connectivity index (χ3v) is 4.53. The van der Waals surface area contributed by atoms with Gasteiger partial charge in [0.1, 0.15) is 0 Å². The third kappa shape index (κ3) is 1.95. The Kier molecular flexibility index (Phi) is 3.09. The van der Waals surface area contributed by atoms with Crippen LogP contribution in [-0.2, 0) is 19.1 Å². The van der Waals surface area contributed by atoms with E-state index in [0.717, 1.165) is 0 Å². The minimum atomic E-state index is -0.473. The SMILES string of the molecule is CCOC(=O)c1cccc(N2C(=O)[C@H]3[C@H](C2=O)[C@H]2C=C[C@H]3O2)c1. The van der Waals surface area contributed by atoms with Gasteiger partial charge in [-0.25, -0.2) is 9.69 Å². The van der Waals surface area contributed by atoms with Crippen LogP contribution < -0.4 is 4.90 Å². The van der Waals surface area contributed by atoms with E-state index in [9.17, 15) is 14.4 Å². The number of nitrogens with zero attached hydrogens (tertiary/aromatic N) is 1. The van der Waals surface area contributed by atoms with Gasteiger partial charge in [-0.1, -0.05) is 18.2 Å². The highest BCUT2D eigenvalue weighted by Gasteiger charge is 2.61. The molecule has 6 heteroatoms. The van der Waals surface area contributed by atoms with Gasteiger partial charge in [0.2, 0.25) is 11.8 Å². The first kappa shape index (κ1) is 14.1. The maximum Gasteiger partial charge on any atom is 0.338 e. The van der Waals surface area contributed by atoms with E-state index in [2.05, 4.69) is 0 Å². The van der Waals surface area contributed by atoms with Crippen molar-refractivity contribution in [3.05, 3.63) is 42.0 Å². The first-order valence-corrected chi connectivity index (χ1v) is 7.60. The summed E-state index contributed by atoms with van der Waals surface area (Å²) in [5.41, 5.74) is 0.721. The molecular weight excluding hydrogens is 298 g/mol. The second-order valence-electron chi connectivity index (χ2n) is 5.78. The van der Waals surface area contributed by atoms with Crippen molar-refractivity contribution in [1.82, 2.24) is 0 Å². The monoisotopic (exact) mass is 313 g/mol. The molecular formula is C17H15NO5. The average Bonchev–Trinajstić information content (AvgIpc) is 3.22. The van der Waals surface area contributed by atoms with Crippen molar-refractivity contribution in [2.24, 2.45) is 11.8 Å². The molecule has 118 valence electrons. The van der Waals surface area contributed by atoms with Gasteiger partial charge < -0.3 is 9.47 Å². The lowest BCUT2D eigenvalue weighted by atomic mass is 9.85. The molecule has 0 radical (unpaired) electrons. The number of carbonyl (C=O) groups is 3. The molecule has 1 aromatic rings. The first-order chi connectivity index (χ1) is 11.1. The number of esters is 1. The van der Waals surface area contributed by atoms with Crippen molar-refractivity contribution in [3.63, 3.8) is 0 Å². The highest BCUT2D eigenvalue weighted by Crippen LogP contribution is 2.46. The van der Waals surface area contributed by atoms with Gasteiger partial charge in [0.05, 0.1) is 41.9 Å². The van der Waals surface area contributed by atoms with Crippen LogP contribution in [0, 0.1) is 11.8 Å². The molecule has 2 fully saturated rings. The van der Waals surface area contributed by atoms with E-state index in [1.807, 2.05) is 12.2 Å². The van der Waals surface area contributed by atoms with Crippen molar-refractivity contribution in [3.8, 4) is 0 Å². The second-order valence-corrected chi connectivity index (χ2v) is 5.78. The normalized spacial score (nSPS) is 30.9. The maximum absolute atomic E-state index is 12.7. The number of benzene rings is 1. The summed E-state index contributed by atoms with van der Waals surface area (Å²) in [4.78, 5) is 38.4. The van der Waals surface area contributed by atoms with Gasteiger partial charge >= 0.3 is 5.97 Å². The standard InChI is InChI=1S/C17H15NO5/c1-2-22-17(21)9-4-3-5-10(8-9)18-15(19)13-11-6-7-12(23-11)14(13)16(18)20/h3-8,11-14H,2H2,1H3/t11-,12-,13-,14-/m1/s1. The molecule has 3 aliphatic rings. The highest BCUT2D eigenvalue weighted by molar-refractivity contribution is 6.23. The molecule has 1 aromatic carbocycles. The zero-order valence-corrected chi connectivity index (χ0v) is 12.5. The minimum absolute atomic E-state index is 0.265. The number of ether oxygens (including phenoxy) is 2. The number of hydrogen-bond acceptors (Lipinski definition) is 5. The number of rotatable bonds is 3. The van der Waals surface area contributed by atoms with Gasteiger partial charge in [-0.3, -0.25) is 9.59 Å². The molecule has 3 heterocycles. The van der Waals surface area contributed by atoms with E-state index in [1.54, 1.807) is 25.1 Å². The summed E-state index contributed by atoms with van der Waals surface area (Å²) in [6, 6.07) is 6.40. The van der Waals surface area contributed by atoms with Crippen LogP contribution in [0.25, 0.3) is 0 Å². The largest absolute Gasteiger partial charge is 0.462 e. The van der Waals surface area contributed by atoms with Crippen LogP contribution in [0.15, 0.2) is 36.4 Å². The highest BCUT2D eigenvalue weighted by atomic mass is 16.5. The van der Waals surface area contributed by atoms with Crippen LogP contribution in [0.1, 0.15) is 17.3 Å². The van der Waals surface area contributed by atoms with Crippen molar-refractivity contribution in [1.29, 1.82) is 0 Å². The Morgan fingerprint density at radius 2 is 1.83 bits per heavy atom. The fourth-order valence-corrected chi connectivity index (χ4v) is 3.54. The van der Waals surface area contributed by atoms with E-state index in [-0.39, 0.29) is 30.6 Å². The molecule has 2 amide bonds. The summed E-state index contributed by atoms with van der Waals surface area (Å²) in [7, 11) is 0. The fraction of sp³-hybridized carbons (Fsp3) is 0.353. The zero-order chi connectivity index (χ0) is 16.1. The van der Waals surface area contributed by atoms with Gasteiger partial charge in [-0.15, -0.1) is 0 Å². The number of amides is 2. The van der Waals surface area contributed by atoms with Crippen molar-refractivity contribution >= 4 is 23.5 Å². The van der Waals surface area contributed by atoms with Gasteiger partial charge in [-0.05, 0) is 25.1 Å². The van der Waals surface area contributed by atoms with Crippen molar-refractivity contribution in [2.75, 3.05) is 11.5 Å². The Morgan fingerprint density at radius 1 is 1.17 bits per heavy atom. The predicted molar refractivity (Wildman–Crippen MR) is 79.7 cm³/mol. The molecule has 0 spiro atoms. The summed E-state index contributed by atoms with van der Waals surface area (Å²) in [6.45, 7) is 1.99. The Morgan fingerprint density at radius 3 is 2.43 bits per heavy atom. The number of imide groups is 1. The van der Waals surface area contributed by atoms with Gasteiger partial charge in [0.15, 0.2) is 0 Å². The molecule has 23 heavy (non-hydrogen) atoms. The molecule has 2 saturated heterocycles. The molecule has 6 nitrogen and oxygen atoms in total.